The second-order valence-corrected chi connectivity index (χ2v) is 9.13. The van der Waals surface area contributed by atoms with Crippen LogP contribution in [0.1, 0.15) is 23.7 Å². The van der Waals surface area contributed by atoms with E-state index in [9.17, 15) is 8.42 Å². The number of piperazine rings is 1. The number of guanidine groups is 1. The van der Waals surface area contributed by atoms with Gasteiger partial charge in [-0.25, -0.2) is 13.4 Å². The molecule has 0 spiro atoms. The summed E-state index contributed by atoms with van der Waals surface area (Å²) < 4.78 is 36.8. The van der Waals surface area contributed by atoms with Gasteiger partial charge in [0.2, 0.25) is 10.0 Å². The van der Waals surface area contributed by atoms with Gasteiger partial charge >= 0.3 is 0 Å². The number of aromatic nitrogens is 1. The summed E-state index contributed by atoms with van der Waals surface area (Å²) in [4.78, 5) is 6.85. The highest BCUT2D eigenvalue weighted by molar-refractivity contribution is 14.0. The number of nitrogens with one attached hydrogen (secondary N) is 1. The second kappa shape index (κ2) is 11.7. The highest BCUT2D eigenvalue weighted by atomic mass is 127. The Morgan fingerprint density at radius 1 is 1.26 bits per heavy atom. The zero-order valence-electron chi connectivity index (χ0n) is 18.1. The zero-order valence-corrected chi connectivity index (χ0v) is 21.2. The van der Waals surface area contributed by atoms with Gasteiger partial charge in [-0.05, 0) is 37.1 Å². The maximum absolute atomic E-state index is 12.6. The normalized spacial score (nSPS) is 15.5. The molecule has 1 saturated heterocycles. The van der Waals surface area contributed by atoms with Gasteiger partial charge in [-0.3, -0.25) is 0 Å². The molecule has 0 radical (unpaired) electrons. The van der Waals surface area contributed by atoms with Crippen molar-refractivity contribution in [2.24, 2.45) is 4.99 Å². The number of aryl methyl sites for hydroxylation is 1. The van der Waals surface area contributed by atoms with Crippen molar-refractivity contribution < 1.29 is 17.7 Å². The zero-order chi connectivity index (χ0) is 21.6. The molecule has 0 saturated carbocycles. The topological polar surface area (TPSA) is 100 Å². The minimum atomic E-state index is -3.43. The molecule has 0 unspecified atom stereocenters. The van der Waals surface area contributed by atoms with E-state index in [1.165, 1.54) is 10.6 Å². The molecule has 0 aliphatic carbocycles. The van der Waals surface area contributed by atoms with E-state index < -0.39 is 10.0 Å². The molecule has 1 N–H and O–H groups in total. The van der Waals surface area contributed by atoms with Crippen LogP contribution in [-0.4, -0.2) is 68.6 Å². The lowest BCUT2D eigenvalue weighted by molar-refractivity contribution is 0.259. The van der Waals surface area contributed by atoms with Gasteiger partial charge in [0, 0.05) is 38.8 Å². The fourth-order valence-electron chi connectivity index (χ4n) is 3.39. The standard InChI is InChI=1S/C20H29N5O4S.HI/c1-4-21-20(22-14-17-11-16(2)12-19(13-17)28-3)24-6-8-25(9-7-24)30(26,27)15-18-5-10-29-23-18;/h5,10-13H,4,6-9,14-15H2,1-3H3,(H,21,22);1H. The average molecular weight is 563 g/mol. The Morgan fingerprint density at radius 2 is 2.00 bits per heavy atom. The maximum Gasteiger partial charge on any atom is 0.220 e. The monoisotopic (exact) mass is 563 g/mol. The summed E-state index contributed by atoms with van der Waals surface area (Å²) in [6.45, 7) is 7.25. The van der Waals surface area contributed by atoms with E-state index in [-0.39, 0.29) is 29.7 Å². The minimum absolute atomic E-state index is 0. The van der Waals surface area contributed by atoms with E-state index in [1.807, 2.05) is 26.0 Å². The van der Waals surface area contributed by atoms with Crippen LogP contribution in [0.25, 0.3) is 0 Å². The molecule has 2 heterocycles. The van der Waals surface area contributed by atoms with Crippen molar-refractivity contribution >= 4 is 40.0 Å². The highest BCUT2D eigenvalue weighted by Crippen LogP contribution is 2.17. The molecule has 3 rings (SSSR count). The fraction of sp³-hybridized carbons (Fsp3) is 0.500. The number of hydrogen-bond donors (Lipinski definition) is 1. The molecule has 1 aliphatic rings. The summed E-state index contributed by atoms with van der Waals surface area (Å²) in [6, 6.07) is 7.62. The molecule has 0 bridgehead atoms. The average Bonchev–Trinajstić information content (AvgIpc) is 3.23. The Labute approximate surface area is 200 Å². The number of aliphatic imine (C=N–C) groups is 1. The molecule has 1 aromatic heterocycles. The molecule has 31 heavy (non-hydrogen) atoms. The lowest BCUT2D eigenvalue weighted by Gasteiger charge is -2.35. The number of sulfonamides is 1. The van der Waals surface area contributed by atoms with Gasteiger partial charge in [0.05, 0.1) is 19.3 Å². The van der Waals surface area contributed by atoms with Gasteiger partial charge in [0.1, 0.15) is 17.8 Å². The smallest absolute Gasteiger partial charge is 0.220 e. The molecule has 1 aliphatic heterocycles. The SMILES string of the molecule is CCNC(=NCc1cc(C)cc(OC)c1)N1CCN(S(=O)(=O)Cc2ccon2)CC1.I. The number of nitrogens with zero attached hydrogens (tertiary/aromatic N) is 4. The van der Waals surface area contributed by atoms with Crippen LogP contribution in [0.5, 0.6) is 5.75 Å². The van der Waals surface area contributed by atoms with Crippen LogP contribution >= 0.6 is 24.0 Å². The van der Waals surface area contributed by atoms with Crippen molar-refractivity contribution in [2.45, 2.75) is 26.1 Å². The third-order valence-electron chi connectivity index (χ3n) is 4.85. The van der Waals surface area contributed by atoms with Crippen molar-refractivity contribution in [2.75, 3.05) is 39.8 Å². The van der Waals surface area contributed by atoms with Crippen LogP contribution in [0, 0.1) is 6.92 Å². The molecule has 11 heteroatoms. The van der Waals surface area contributed by atoms with Crippen molar-refractivity contribution in [3.8, 4) is 5.75 Å². The Kier molecular flexibility index (Phi) is 9.56. The highest BCUT2D eigenvalue weighted by Gasteiger charge is 2.29. The van der Waals surface area contributed by atoms with E-state index in [1.54, 1.807) is 13.2 Å². The summed E-state index contributed by atoms with van der Waals surface area (Å²) in [5.74, 6) is 1.45. The molecule has 0 atom stereocenters. The summed E-state index contributed by atoms with van der Waals surface area (Å²) in [7, 11) is -1.77. The summed E-state index contributed by atoms with van der Waals surface area (Å²) in [5, 5.41) is 7.02. The number of hydrogen-bond acceptors (Lipinski definition) is 6. The quantitative estimate of drug-likeness (QED) is 0.313. The summed E-state index contributed by atoms with van der Waals surface area (Å²) >= 11 is 0. The maximum atomic E-state index is 12.6. The molecule has 2 aromatic rings. The summed E-state index contributed by atoms with van der Waals surface area (Å²) in [5.41, 5.74) is 2.60. The lowest BCUT2D eigenvalue weighted by atomic mass is 10.1. The largest absolute Gasteiger partial charge is 0.497 e. The van der Waals surface area contributed by atoms with Gasteiger partial charge < -0.3 is 19.5 Å². The van der Waals surface area contributed by atoms with Crippen LogP contribution in [0.4, 0.5) is 0 Å². The molecule has 0 amide bonds. The summed E-state index contributed by atoms with van der Waals surface area (Å²) in [6.07, 6.45) is 1.38. The van der Waals surface area contributed by atoms with E-state index in [0.717, 1.165) is 29.4 Å². The first-order chi connectivity index (χ1) is 14.4. The third-order valence-corrected chi connectivity index (χ3v) is 6.66. The Hall–Kier alpha value is -1.86. The Balaban J connectivity index is 0.00000341. The van der Waals surface area contributed by atoms with E-state index in [2.05, 4.69) is 21.4 Å². The molecule has 172 valence electrons. The predicted octanol–water partition coefficient (Wildman–Crippen LogP) is 2.22. The van der Waals surface area contributed by atoms with Gasteiger partial charge in [-0.15, -0.1) is 24.0 Å². The van der Waals surface area contributed by atoms with E-state index in [0.29, 0.717) is 38.4 Å². The fourth-order valence-corrected chi connectivity index (χ4v) is 4.82. The van der Waals surface area contributed by atoms with E-state index in [4.69, 9.17) is 14.3 Å². The van der Waals surface area contributed by atoms with Crippen molar-refractivity contribution in [1.29, 1.82) is 0 Å². The van der Waals surface area contributed by atoms with Crippen molar-refractivity contribution in [1.82, 2.24) is 19.7 Å². The number of ether oxygens (including phenoxy) is 1. The number of methoxy groups -OCH3 is 1. The van der Waals surface area contributed by atoms with Gasteiger partial charge in [-0.1, -0.05) is 11.2 Å². The number of halogens is 1. The van der Waals surface area contributed by atoms with Crippen LogP contribution in [0.2, 0.25) is 0 Å². The van der Waals surface area contributed by atoms with Crippen LogP contribution in [-0.2, 0) is 22.3 Å². The number of rotatable bonds is 7. The van der Waals surface area contributed by atoms with Crippen LogP contribution in [0.15, 0.2) is 40.0 Å². The Morgan fingerprint density at radius 3 is 2.61 bits per heavy atom. The molecular formula is C20H30IN5O4S. The van der Waals surface area contributed by atoms with Crippen molar-refractivity contribution in [3.63, 3.8) is 0 Å². The Bertz CT molecular complexity index is 958. The van der Waals surface area contributed by atoms with Crippen LogP contribution in [0.3, 0.4) is 0 Å². The first-order valence-corrected chi connectivity index (χ1v) is 11.6. The lowest BCUT2D eigenvalue weighted by Crippen LogP contribution is -2.53. The van der Waals surface area contributed by atoms with E-state index >= 15 is 0 Å². The first kappa shape index (κ1) is 25.4. The molecule has 1 fully saturated rings. The molecular weight excluding hydrogens is 533 g/mol. The minimum Gasteiger partial charge on any atom is -0.497 e. The first-order valence-electron chi connectivity index (χ1n) is 9.96. The van der Waals surface area contributed by atoms with Gasteiger partial charge in [0.15, 0.2) is 5.96 Å². The van der Waals surface area contributed by atoms with Crippen LogP contribution < -0.4 is 10.1 Å². The van der Waals surface area contributed by atoms with Crippen molar-refractivity contribution in [3.05, 3.63) is 47.3 Å². The van der Waals surface area contributed by atoms with Gasteiger partial charge in [-0.2, -0.15) is 4.31 Å². The third kappa shape index (κ3) is 7.07. The predicted molar refractivity (Wildman–Crippen MR) is 130 cm³/mol. The van der Waals surface area contributed by atoms with Gasteiger partial charge in [0.25, 0.3) is 0 Å². The second-order valence-electron chi connectivity index (χ2n) is 7.16. The molecule has 1 aromatic carbocycles. The number of benzene rings is 1. The molecule has 9 nitrogen and oxygen atoms in total.